The zero-order valence-electron chi connectivity index (χ0n) is 13.8. The van der Waals surface area contributed by atoms with Crippen LogP contribution in [0.4, 0.5) is 13.2 Å². The Morgan fingerprint density at radius 1 is 1.25 bits per heavy atom. The van der Waals surface area contributed by atoms with E-state index in [2.05, 4.69) is 41.8 Å². The van der Waals surface area contributed by atoms with Crippen molar-refractivity contribution in [2.24, 2.45) is 5.92 Å². The molecule has 0 radical (unpaired) electrons. The van der Waals surface area contributed by atoms with Gasteiger partial charge in [-0.05, 0) is 45.3 Å². The van der Waals surface area contributed by atoms with E-state index >= 15 is 0 Å². The standard InChI is InChI=1S/C15H22N2O.C2HF3O/c1-11-3-5-13(6-4-11)12(2)17-15(18)14-7-9-16-10-8-14;3-2(4,5)1-6/h3-6,12,14,16H,7-10H2,1-2H3,(H,17,18);1H. The van der Waals surface area contributed by atoms with Crippen LogP contribution >= 0.6 is 0 Å². The molecule has 7 heteroatoms. The summed E-state index contributed by atoms with van der Waals surface area (Å²) < 4.78 is 31.2. The maximum absolute atomic E-state index is 12.1. The molecule has 2 N–H and O–H groups in total. The molecule has 0 spiro atoms. The molecule has 1 atom stereocenters. The van der Waals surface area contributed by atoms with Crippen molar-refractivity contribution in [1.82, 2.24) is 10.6 Å². The molecule has 1 saturated heterocycles. The third-order valence-corrected chi connectivity index (χ3v) is 3.78. The Kier molecular flexibility index (Phi) is 7.91. The van der Waals surface area contributed by atoms with Gasteiger partial charge in [0, 0.05) is 5.92 Å². The van der Waals surface area contributed by atoms with Crippen LogP contribution in [0.15, 0.2) is 24.3 Å². The van der Waals surface area contributed by atoms with Crippen LogP contribution in [0.2, 0.25) is 0 Å². The van der Waals surface area contributed by atoms with E-state index in [1.165, 1.54) is 11.1 Å². The summed E-state index contributed by atoms with van der Waals surface area (Å²) in [6.45, 7) is 6.03. The molecule has 1 unspecified atom stereocenters. The highest BCUT2D eigenvalue weighted by Gasteiger charge is 2.25. The molecule has 1 aliphatic heterocycles. The molecule has 24 heavy (non-hydrogen) atoms. The first-order valence-electron chi connectivity index (χ1n) is 7.83. The summed E-state index contributed by atoms with van der Waals surface area (Å²) in [4.78, 5) is 20.8. The van der Waals surface area contributed by atoms with Crippen molar-refractivity contribution in [3.8, 4) is 0 Å². The van der Waals surface area contributed by atoms with Gasteiger partial charge in [0.15, 0.2) is 0 Å². The van der Waals surface area contributed by atoms with Crippen LogP contribution in [0.5, 0.6) is 0 Å². The van der Waals surface area contributed by atoms with Crippen molar-refractivity contribution in [3.63, 3.8) is 0 Å². The van der Waals surface area contributed by atoms with Crippen molar-refractivity contribution in [1.29, 1.82) is 0 Å². The van der Waals surface area contributed by atoms with E-state index < -0.39 is 12.5 Å². The lowest BCUT2D eigenvalue weighted by atomic mass is 9.96. The number of nitrogens with one attached hydrogen (secondary N) is 2. The van der Waals surface area contributed by atoms with Crippen LogP contribution in [-0.4, -0.2) is 31.5 Å². The summed E-state index contributed by atoms with van der Waals surface area (Å²) in [5.41, 5.74) is 2.42. The maximum atomic E-state index is 12.1. The Morgan fingerprint density at radius 3 is 2.21 bits per heavy atom. The van der Waals surface area contributed by atoms with E-state index in [-0.39, 0.29) is 17.9 Å². The smallest absolute Gasteiger partial charge is 0.349 e. The number of amides is 1. The normalized spacial score (nSPS) is 16.5. The fraction of sp³-hybridized carbons (Fsp3) is 0.529. The first kappa shape index (κ1) is 20.2. The van der Waals surface area contributed by atoms with Crippen LogP contribution in [0, 0.1) is 12.8 Å². The number of benzene rings is 1. The molecular weight excluding hydrogens is 321 g/mol. The highest BCUT2D eigenvalue weighted by atomic mass is 19.4. The number of carbonyl (C=O) groups excluding carboxylic acids is 2. The van der Waals surface area contributed by atoms with Crippen molar-refractivity contribution in [3.05, 3.63) is 35.4 Å². The number of piperidine rings is 1. The quantitative estimate of drug-likeness (QED) is 0.829. The number of carbonyl (C=O) groups is 2. The number of aldehydes is 1. The number of hydrogen-bond acceptors (Lipinski definition) is 3. The molecule has 1 aliphatic rings. The summed E-state index contributed by atoms with van der Waals surface area (Å²) in [7, 11) is 0. The largest absolute Gasteiger partial charge is 0.446 e. The lowest BCUT2D eigenvalue weighted by molar-refractivity contribution is -0.156. The van der Waals surface area contributed by atoms with E-state index in [9.17, 15) is 18.0 Å². The van der Waals surface area contributed by atoms with Crippen LogP contribution in [-0.2, 0) is 9.59 Å². The molecule has 0 saturated carbocycles. The van der Waals surface area contributed by atoms with Crippen molar-refractivity contribution in [2.75, 3.05) is 13.1 Å². The second-order valence-corrected chi connectivity index (χ2v) is 5.82. The Balaban J connectivity index is 0.000000413. The van der Waals surface area contributed by atoms with Gasteiger partial charge in [-0.25, -0.2) is 0 Å². The predicted octanol–water partition coefficient (Wildman–Crippen LogP) is 2.92. The molecule has 0 bridgehead atoms. The van der Waals surface area contributed by atoms with E-state index in [4.69, 9.17) is 4.79 Å². The second kappa shape index (κ2) is 9.42. The number of hydrogen-bond donors (Lipinski definition) is 2. The molecule has 1 aromatic carbocycles. The molecule has 1 amide bonds. The molecule has 4 nitrogen and oxygen atoms in total. The maximum Gasteiger partial charge on any atom is 0.446 e. The highest BCUT2D eigenvalue weighted by molar-refractivity contribution is 5.79. The Labute approximate surface area is 139 Å². The lowest BCUT2D eigenvalue weighted by Crippen LogP contribution is -2.39. The van der Waals surface area contributed by atoms with Crippen LogP contribution in [0.1, 0.15) is 36.9 Å². The average molecular weight is 344 g/mol. The topological polar surface area (TPSA) is 58.2 Å². The fourth-order valence-corrected chi connectivity index (χ4v) is 2.35. The highest BCUT2D eigenvalue weighted by Crippen LogP contribution is 2.17. The van der Waals surface area contributed by atoms with E-state index in [0.29, 0.717) is 0 Å². The third-order valence-electron chi connectivity index (χ3n) is 3.78. The average Bonchev–Trinajstić information content (AvgIpc) is 2.56. The summed E-state index contributed by atoms with van der Waals surface area (Å²) in [6, 6.07) is 8.43. The number of alkyl halides is 3. The molecule has 0 aromatic heterocycles. The molecule has 1 heterocycles. The van der Waals surface area contributed by atoms with E-state index in [1.54, 1.807) is 0 Å². The number of aryl methyl sites for hydroxylation is 1. The number of rotatable bonds is 3. The molecule has 1 fully saturated rings. The van der Waals surface area contributed by atoms with Crippen LogP contribution in [0.25, 0.3) is 0 Å². The van der Waals surface area contributed by atoms with Gasteiger partial charge in [0.05, 0.1) is 6.04 Å². The van der Waals surface area contributed by atoms with Gasteiger partial charge in [-0.15, -0.1) is 0 Å². The molecule has 2 rings (SSSR count). The van der Waals surface area contributed by atoms with Gasteiger partial charge in [0.25, 0.3) is 0 Å². The van der Waals surface area contributed by atoms with Crippen molar-refractivity contribution in [2.45, 2.75) is 38.9 Å². The predicted molar refractivity (Wildman–Crippen MR) is 85.4 cm³/mol. The van der Waals surface area contributed by atoms with Gasteiger partial charge in [-0.3, -0.25) is 9.59 Å². The monoisotopic (exact) mass is 344 g/mol. The summed E-state index contributed by atoms with van der Waals surface area (Å²) in [5.74, 6) is 0.378. The minimum absolute atomic E-state index is 0.0907. The first-order chi connectivity index (χ1) is 11.2. The van der Waals surface area contributed by atoms with Gasteiger partial charge in [-0.1, -0.05) is 29.8 Å². The van der Waals surface area contributed by atoms with Gasteiger partial charge in [0.1, 0.15) is 0 Å². The first-order valence-corrected chi connectivity index (χ1v) is 7.83. The molecule has 134 valence electrons. The van der Waals surface area contributed by atoms with E-state index in [1.807, 2.05) is 6.92 Å². The minimum atomic E-state index is -4.64. The SMILES string of the molecule is Cc1ccc(C(C)NC(=O)C2CCNCC2)cc1.O=CC(F)(F)F. The summed E-state index contributed by atoms with van der Waals surface area (Å²) in [6.07, 6.45) is -3.80. The Bertz CT molecular complexity index is 524. The van der Waals surface area contributed by atoms with Gasteiger partial charge < -0.3 is 10.6 Å². The van der Waals surface area contributed by atoms with Crippen molar-refractivity contribution >= 4 is 12.2 Å². The van der Waals surface area contributed by atoms with Crippen LogP contribution < -0.4 is 10.6 Å². The molecule has 1 aromatic rings. The zero-order valence-corrected chi connectivity index (χ0v) is 13.8. The van der Waals surface area contributed by atoms with Gasteiger partial charge in [0.2, 0.25) is 12.2 Å². The fourth-order valence-electron chi connectivity index (χ4n) is 2.35. The minimum Gasteiger partial charge on any atom is -0.349 e. The van der Waals surface area contributed by atoms with E-state index in [0.717, 1.165) is 25.9 Å². The second-order valence-electron chi connectivity index (χ2n) is 5.82. The van der Waals surface area contributed by atoms with Crippen molar-refractivity contribution < 1.29 is 22.8 Å². The summed E-state index contributed by atoms with van der Waals surface area (Å²) >= 11 is 0. The third kappa shape index (κ3) is 7.59. The van der Waals surface area contributed by atoms with Crippen LogP contribution in [0.3, 0.4) is 0 Å². The Morgan fingerprint density at radius 2 is 1.75 bits per heavy atom. The molecule has 0 aliphatic carbocycles. The Hall–Kier alpha value is -1.89. The van der Waals surface area contributed by atoms with Gasteiger partial charge in [-0.2, -0.15) is 13.2 Å². The molecular formula is C17H23F3N2O2. The number of halogens is 3. The zero-order chi connectivity index (χ0) is 18.2. The lowest BCUT2D eigenvalue weighted by Gasteiger charge is -2.24. The van der Waals surface area contributed by atoms with Gasteiger partial charge >= 0.3 is 6.18 Å². The summed E-state index contributed by atoms with van der Waals surface area (Å²) in [5, 5.41) is 6.40.